The maximum atomic E-state index is 5.89. The zero-order chi connectivity index (χ0) is 13.5. The third-order valence-electron chi connectivity index (χ3n) is 4.06. The van der Waals surface area contributed by atoms with Gasteiger partial charge in [-0.2, -0.15) is 5.10 Å². The molecule has 0 saturated heterocycles. The number of benzene rings is 1. The topological polar surface area (TPSA) is 53.9 Å². The van der Waals surface area contributed by atoms with E-state index < -0.39 is 0 Å². The molecule has 2 unspecified atom stereocenters. The van der Waals surface area contributed by atoms with Crippen molar-refractivity contribution < 1.29 is 4.42 Å². The van der Waals surface area contributed by atoms with Crippen molar-refractivity contribution in [2.24, 2.45) is 5.92 Å². The number of hydrogen-bond donors (Lipinski definition) is 2. The Labute approximate surface area is 117 Å². The van der Waals surface area contributed by atoms with E-state index in [2.05, 4.69) is 40.6 Å². The molecule has 4 rings (SSSR count). The molecule has 1 aliphatic rings. The van der Waals surface area contributed by atoms with E-state index in [-0.39, 0.29) is 0 Å². The summed E-state index contributed by atoms with van der Waals surface area (Å²) in [6.45, 7) is 2.98. The van der Waals surface area contributed by atoms with E-state index in [1.807, 2.05) is 18.3 Å². The summed E-state index contributed by atoms with van der Waals surface area (Å²) in [5.74, 6) is 3.56. The number of rotatable bonds is 4. The monoisotopic (exact) mass is 267 g/mol. The molecule has 0 spiro atoms. The predicted molar refractivity (Wildman–Crippen MR) is 78.7 cm³/mol. The largest absolute Gasteiger partial charge is 0.464 e. The highest BCUT2D eigenvalue weighted by Crippen LogP contribution is 2.47. The van der Waals surface area contributed by atoms with Gasteiger partial charge in [0, 0.05) is 17.0 Å². The average molecular weight is 267 g/mol. The number of nitrogens with one attached hydrogen (secondary N) is 2. The number of anilines is 1. The first-order chi connectivity index (χ1) is 9.79. The molecule has 0 bridgehead atoms. The molecule has 2 atom stereocenters. The molecule has 3 aromatic rings. The molecule has 4 heteroatoms. The van der Waals surface area contributed by atoms with Crippen molar-refractivity contribution in [3.63, 3.8) is 0 Å². The quantitative estimate of drug-likeness (QED) is 0.754. The first-order valence-corrected chi connectivity index (χ1v) is 7.05. The van der Waals surface area contributed by atoms with Crippen molar-refractivity contribution in [1.82, 2.24) is 10.2 Å². The third kappa shape index (κ3) is 2.07. The van der Waals surface area contributed by atoms with Gasteiger partial charge in [-0.15, -0.1) is 0 Å². The summed E-state index contributed by atoms with van der Waals surface area (Å²) in [5.41, 5.74) is 2.13. The molecule has 102 valence electrons. The summed E-state index contributed by atoms with van der Waals surface area (Å²) in [7, 11) is 0. The van der Waals surface area contributed by atoms with Crippen molar-refractivity contribution in [3.8, 4) is 0 Å². The lowest BCUT2D eigenvalue weighted by Gasteiger charge is -2.04. The minimum Gasteiger partial charge on any atom is -0.464 e. The maximum absolute atomic E-state index is 5.89. The predicted octanol–water partition coefficient (Wildman–Crippen LogP) is 3.89. The van der Waals surface area contributed by atoms with Gasteiger partial charge in [-0.25, -0.2) is 0 Å². The van der Waals surface area contributed by atoms with Gasteiger partial charge in [0.25, 0.3) is 0 Å². The fourth-order valence-corrected chi connectivity index (χ4v) is 2.65. The van der Waals surface area contributed by atoms with Crippen LogP contribution in [0.3, 0.4) is 0 Å². The minimum absolute atomic E-state index is 0.644. The van der Waals surface area contributed by atoms with Gasteiger partial charge in [-0.1, -0.05) is 6.92 Å². The Hall–Kier alpha value is -2.23. The Kier molecular flexibility index (Phi) is 2.55. The second-order valence-electron chi connectivity index (χ2n) is 5.65. The van der Waals surface area contributed by atoms with Crippen LogP contribution < -0.4 is 5.32 Å². The molecular formula is C16H17N3O. The number of hydrogen-bond acceptors (Lipinski definition) is 3. The lowest BCUT2D eigenvalue weighted by Crippen LogP contribution is -1.97. The first-order valence-electron chi connectivity index (χ1n) is 7.05. The SMILES string of the molecule is CC1CC1c1ccc(CNc2ccc3[nH]ncc3c2)o1. The number of fused-ring (bicyclic) bond motifs is 1. The van der Waals surface area contributed by atoms with E-state index >= 15 is 0 Å². The van der Waals surface area contributed by atoms with Gasteiger partial charge in [-0.3, -0.25) is 5.10 Å². The Bertz CT molecular complexity index is 743. The molecule has 2 N–H and O–H groups in total. The van der Waals surface area contributed by atoms with Crippen LogP contribution >= 0.6 is 0 Å². The molecule has 20 heavy (non-hydrogen) atoms. The van der Waals surface area contributed by atoms with Crippen LogP contribution in [0.2, 0.25) is 0 Å². The standard InChI is InChI=1S/C16H17N3O/c1-10-6-14(10)16-5-3-13(20-16)9-17-12-2-4-15-11(7-12)8-18-19-15/h2-5,7-8,10,14,17H,6,9H2,1H3,(H,18,19). The van der Waals surface area contributed by atoms with Gasteiger partial charge in [0.05, 0.1) is 18.3 Å². The van der Waals surface area contributed by atoms with Crippen LogP contribution in [0.1, 0.15) is 30.8 Å². The van der Waals surface area contributed by atoms with Gasteiger partial charge in [0.2, 0.25) is 0 Å². The van der Waals surface area contributed by atoms with Crippen LogP contribution in [0.4, 0.5) is 5.69 Å². The Morgan fingerprint density at radius 3 is 3.10 bits per heavy atom. The zero-order valence-corrected chi connectivity index (χ0v) is 11.4. The molecule has 1 saturated carbocycles. The molecular weight excluding hydrogens is 250 g/mol. The van der Waals surface area contributed by atoms with Crippen molar-refractivity contribution in [3.05, 3.63) is 48.0 Å². The van der Waals surface area contributed by atoms with E-state index in [9.17, 15) is 0 Å². The van der Waals surface area contributed by atoms with Gasteiger partial charge in [0.15, 0.2) is 0 Å². The number of aromatic nitrogens is 2. The molecule has 2 heterocycles. The molecule has 1 fully saturated rings. The second kappa shape index (κ2) is 4.40. The van der Waals surface area contributed by atoms with Crippen LogP contribution in [-0.2, 0) is 6.54 Å². The lowest BCUT2D eigenvalue weighted by atomic mass is 10.2. The third-order valence-corrected chi connectivity index (χ3v) is 4.06. The Morgan fingerprint density at radius 1 is 1.35 bits per heavy atom. The zero-order valence-electron chi connectivity index (χ0n) is 11.4. The van der Waals surface area contributed by atoms with Gasteiger partial charge in [0.1, 0.15) is 11.5 Å². The summed E-state index contributed by atoms with van der Waals surface area (Å²) < 4.78 is 5.89. The van der Waals surface area contributed by atoms with Gasteiger partial charge >= 0.3 is 0 Å². The molecule has 1 aliphatic carbocycles. The van der Waals surface area contributed by atoms with E-state index in [4.69, 9.17) is 4.42 Å². The Balaban J connectivity index is 1.45. The summed E-state index contributed by atoms with van der Waals surface area (Å²) in [6.07, 6.45) is 3.09. The average Bonchev–Trinajstić information content (AvgIpc) is 2.91. The fourth-order valence-electron chi connectivity index (χ4n) is 2.65. The highest BCUT2D eigenvalue weighted by molar-refractivity contribution is 5.81. The van der Waals surface area contributed by atoms with Crippen LogP contribution in [-0.4, -0.2) is 10.2 Å². The van der Waals surface area contributed by atoms with Gasteiger partial charge in [-0.05, 0) is 42.7 Å². The summed E-state index contributed by atoms with van der Waals surface area (Å²) >= 11 is 0. The summed E-state index contributed by atoms with van der Waals surface area (Å²) in [6, 6.07) is 10.4. The van der Waals surface area contributed by atoms with Crippen LogP contribution in [0.25, 0.3) is 10.9 Å². The molecule has 1 aromatic carbocycles. The van der Waals surface area contributed by atoms with Crippen LogP contribution in [0.15, 0.2) is 40.9 Å². The lowest BCUT2D eigenvalue weighted by molar-refractivity contribution is 0.468. The van der Waals surface area contributed by atoms with Crippen LogP contribution in [0.5, 0.6) is 0 Å². The highest BCUT2D eigenvalue weighted by Gasteiger charge is 2.36. The first kappa shape index (κ1) is 11.6. The van der Waals surface area contributed by atoms with Crippen molar-refractivity contribution in [2.75, 3.05) is 5.32 Å². The number of aromatic amines is 1. The van der Waals surface area contributed by atoms with E-state index in [1.54, 1.807) is 0 Å². The van der Waals surface area contributed by atoms with E-state index in [1.165, 1.54) is 6.42 Å². The highest BCUT2D eigenvalue weighted by atomic mass is 16.3. The van der Waals surface area contributed by atoms with Gasteiger partial charge < -0.3 is 9.73 Å². The van der Waals surface area contributed by atoms with Crippen molar-refractivity contribution in [2.45, 2.75) is 25.8 Å². The minimum atomic E-state index is 0.644. The molecule has 0 radical (unpaired) electrons. The Morgan fingerprint density at radius 2 is 2.25 bits per heavy atom. The van der Waals surface area contributed by atoms with Crippen molar-refractivity contribution in [1.29, 1.82) is 0 Å². The smallest absolute Gasteiger partial charge is 0.123 e. The number of furan rings is 1. The van der Waals surface area contributed by atoms with E-state index in [0.717, 1.165) is 34.0 Å². The normalized spacial score (nSPS) is 21.2. The molecule has 0 amide bonds. The summed E-state index contributed by atoms with van der Waals surface area (Å²) in [5, 5.41) is 11.5. The van der Waals surface area contributed by atoms with Crippen molar-refractivity contribution >= 4 is 16.6 Å². The van der Waals surface area contributed by atoms with E-state index in [0.29, 0.717) is 12.5 Å². The second-order valence-corrected chi connectivity index (χ2v) is 5.65. The van der Waals surface area contributed by atoms with Crippen LogP contribution in [0, 0.1) is 5.92 Å². The molecule has 2 aromatic heterocycles. The maximum Gasteiger partial charge on any atom is 0.123 e. The number of H-pyrrole nitrogens is 1. The summed E-state index contributed by atoms with van der Waals surface area (Å²) in [4.78, 5) is 0. The fraction of sp³-hybridized carbons (Fsp3) is 0.312. The molecule has 4 nitrogen and oxygen atoms in total. The molecule has 0 aliphatic heterocycles. The number of nitrogens with zero attached hydrogens (tertiary/aromatic N) is 1.